The summed E-state index contributed by atoms with van der Waals surface area (Å²) in [6.45, 7) is 0.354. The monoisotopic (exact) mass is 350 g/mol. The topological polar surface area (TPSA) is 95.5 Å². The van der Waals surface area contributed by atoms with Crippen LogP contribution >= 0.6 is 15.9 Å². The third-order valence-electron chi connectivity index (χ3n) is 2.25. The molecule has 1 aromatic rings. The zero-order valence-corrected chi connectivity index (χ0v) is 12.7. The molecular weight excluding hydrogens is 336 g/mol. The Morgan fingerprint density at radius 1 is 1.42 bits per heavy atom. The molecule has 0 saturated carbocycles. The maximum atomic E-state index is 11.2. The largest absolute Gasteiger partial charge is 0.506 e. The lowest BCUT2D eigenvalue weighted by molar-refractivity contribution is -0.118. The maximum absolute atomic E-state index is 11.2. The number of phenols is 1. The van der Waals surface area contributed by atoms with Crippen LogP contribution in [0.4, 0.5) is 5.69 Å². The molecule has 0 fully saturated rings. The molecule has 0 atom stereocenters. The molecule has 1 rings (SSSR count). The molecule has 0 saturated heterocycles. The summed E-state index contributed by atoms with van der Waals surface area (Å²) in [6, 6.07) is 4.70. The number of hydrogen-bond acceptors (Lipinski definition) is 4. The van der Waals surface area contributed by atoms with Crippen molar-refractivity contribution >= 4 is 37.5 Å². The third kappa shape index (κ3) is 5.48. The zero-order chi connectivity index (χ0) is 14.5. The number of phenolic OH excluding ortho intramolecular Hbond substituents is 1. The molecule has 0 aliphatic heterocycles. The van der Waals surface area contributed by atoms with Gasteiger partial charge in [0, 0.05) is 6.54 Å². The maximum Gasteiger partial charge on any atom is 0.230 e. The zero-order valence-electron chi connectivity index (χ0n) is 10.3. The van der Waals surface area contributed by atoms with Crippen LogP contribution in [0, 0.1) is 0 Å². The summed E-state index contributed by atoms with van der Waals surface area (Å²) >= 11 is 3.02. The number of aromatic hydroxyl groups is 1. The highest BCUT2D eigenvalue weighted by molar-refractivity contribution is 9.09. The van der Waals surface area contributed by atoms with E-state index in [-0.39, 0.29) is 22.7 Å². The van der Waals surface area contributed by atoms with E-state index in [0.717, 1.165) is 6.26 Å². The molecule has 0 spiro atoms. The first-order valence-electron chi connectivity index (χ1n) is 5.45. The first-order valence-corrected chi connectivity index (χ1v) is 8.46. The van der Waals surface area contributed by atoms with E-state index < -0.39 is 10.0 Å². The second-order valence-electron chi connectivity index (χ2n) is 3.92. The summed E-state index contributed by atoms with van der Waals surface area (Å²) in [6.07, 6.45) is 1.42. The smallest absolute Gasteiger partial charge is 0.230 e. The first kappa shape index (κ1) is 15.8. The number of carbonyl (C=O) groups is 1. The van der Waals surface area contributed by atoms with Crippen LogP contribution < -0.4 is 10.0 Å². The van der Waals surface area contributed by atoms with Gasteiger partial charge in [0.05, 0.1) is 17.3 Å². The van der Waals surface area contributed by atoms with Crippen molar-refractivity contribution in [2.45, 2.75) is 6.42 Å². The van der Waals surface area contributed by atoms with E-state index in [1.54, 1.807) is 12.1 Å². The number of benzene rings is 1. The SMILES string of the molecule is CS(=O)(=O)Nc1c(O)cccc1CCNC(=O)CBr. The Morgan fingerprint density at radius 2 is 2.11 bits per heavy atom. The van der Waals surface area contributed by atoms with Gasteiger partial charge in [-0.3, -0.25) is 9.52 Å². The standard InChI is InChI=1S/C11H15BrN2O4S/c1-19(17,18)14-11-8(3-2-4-9(11)15)5-6-13-10(16)7-12/h2-4,14-15H,5-7H2,1H3,(H,13,16). The minimum absolute atomic E-state index is 0.144. The number of hydrogen-bond donors (Lipinski definition) is 3. The number of alkyl halides is 1. The van der Waals surface area contributed by atoms with E-state index in [1.165, 1.54) is 6.07 Å². The number of halogens is 1. The van der Waals surface area contributed by atoms with Crippen molar-refractivity contribution in [2.24, 2.45) is 0 Å². The van der Waals surface area contributed by atoms with Crippen molar-refractivity contribution in [3.8, 4) is 5.75 Å². The van der Waals surface area contributed by atoms with Gasteiger partial charge < -0.3 is 10.4 Å². The molecule has 6 nitrogen and oxygen atoms in total. The van der Waals surface area contributed by atoms with Gasteiger partial charge in [0.25, 0.3) is 0 Å². The van der Waals surface area contributed by atoms with E-state index in [4.69, 9.17) is 0 Å². The molecule has 8 heteroatoms. The average Bonchev–Trinajstić information content (AvgIpc) is 2.31. The fourth-order valence-corrected chi connectivity index (χ4v) is 2.29. The highest BCUT2D eigenvalue weighted by Gasteiger charge is 2.12. The normalized spacial score (nSPS) is 11.1. The third-order valence-corrected chi connectivity index (χ3v) is 3.34. The Morgan fingerprint density at radius 3 is 2.68 bits per heavy atom. The Bertz CT molecular complexity index is 560. The van der Waals surface area contributed by atoms with Crippen molar-refractivity contribution in [1.29, 1.82) is 0 Å². The van der Waals surface area contributed by atoms with Crippen LogP contribution in [0.5, 0.6) is 5.75 Å². The van der Waals surface area contributed by atoms with Crippen LogP contribution in [0.1, 0.15) is 5.56 Å². The van der Waals surface area contributed by atoms with E-state index in [2.05, 4.69) is 26.0 Å². The Kier molecular flexibility index (Phi) is 5.61. The van der Waals surface area contributed by atoms with Gasteiger partial charge in [0.1, 0.15) is 5.75 Å². The molecule has 0 unspecified atom stereocenters. The Labute approximate surface area is 120 Å². The number of rotatable bonds is 6. The summed E-state index contributed by atoms with van der Waals surface area (Å²) in [5.74, 6) is -0.299. The van der Waals surface area contributed by atoms with Gasteiger partial charge in [-0.1, -0.05) is 28.1 Å². The lowest BCUT2D eigenvalue weighted by Crippen LogP contribution is -2.26. The van der Waals surface area contributed by atoms with Crippen LogP contribution in [0.25, 0.3) is 0 Å². The van der Waals surface area contributed by atoms with Crippen LogP contribution in [0.3, 0.4) is 0 Å². The lowest BCUT2D eigenvalue weighted by Gasteiger charge is -2.12. The highest BCUT2D eigenvalue weighted by Crippen LogP contribution is 2.28. The summed E-state index contributed by atoms with van der Waals surface area (Å²) in [4.78, 5) is 11.1. The van der Waals surface area contributed by atoms with Gasteiger partial charge in [-0.25, -0.2) is 8.42 Å². The van der Waals surface area contributed by atoms with Gasteiger partial charge in [-0.05, 0) is 18.1 Å². The number of amides is 1. The van der Waals surface area contributed by atoms with Crippen molar-refractivity contribution in [3.63, 3.8) is 0 Å². The van der Waals surface area contributed by atoms with E-state index in [1.807, 2.05) is 0 Å². The van der Waals surface area contributed by atoms with E-state index in [0.29, 0.717) is 18.5 Å². The number of anilines is 1. The average molecular weight is 351 g/mol. The highest BCUT2D eigenvalue weighted by atomic mass is 79.9. The fraction of sp³-hybridized carbons (Fsp3) is 0.364. The van der Waals surface area contributed by atoms with Gasteiger partial charge >= 0.3 is 0 Å². The van der Waals surface area contributed by atoms with Gasteiger partial charge in [-0.15, -0.1) is 0 Å². The summed E-state index contributed by atoms with van der Waals surface area (Å²) < 4.78 is 24.7. The van der Waals surface area contributed by atoms with E-state index >= 15 is 0 Å². The predicted octanol–water partition coefficient (Wildman–Crippen LogP) is 0.817. The summed E-state index contributed by atoms with van der Waals surface area (Å²) in [5, 5.41) is 12.5. The fourth-order valence-electron chi connectivity index (χ4n) is 1.48. The first-order chi connectivity index (χ1) is 8.83. The van der Waals surface area contributed by atoms with Crippen LogP contribution in [-0.2, 0) is 21.2 Å². The lowest BCUT2D eigenvalue weighted by atomic mass is 10.1. The van der Waals surface area contributed by atoms with E-state index in [9.17, 15) is 18.3 Å². The number of para-hydroxylation sites is 1. The molecule has 0 aliphatic carbocycles. The van der Waals surface area contributed by atoms with Crippen LogP contribution in [0.15, 0.2) is 18.2 Å². The van der Waals surface area contributed by atoms with Crippen molar-refractivity contribution in [2.75, 3.05) is 22.9 Å². The summed E-state index contributed by atoms with van der Waals surface area (Å²) in [7, 11) is -3.47. The molecule has 106 valence electrons. The van der Waals surface area contributed by atoms with Crippen molar-refractivity contribution in [3.05, 3.63) is 23.8 Å². The predicted molar refractivity (Wildman–Crippen MR) is 77.1 cm³/mol. The molecule has 0 aliphatic rings. The Hall–Kier alpha value is -1.28. The van der Waals surface area contributed by atoms with Gasteiger partial charge in [-0.2, -0.15) is 0 Å². The Balaban J connectivity index is 2.83. The quantitative estimate of drug-likeness (QED) is 0.522. The molecule has 3 N–H and O–H groups in total. The number of carbonyl (C=O) groups excluding carboxylic acids is 1. The second-order valence-corrected chi connectivity index (χ2v) is 6.23. The minimum atomic E-state index is -3.47. The molecule has 0 bridgehead atoms. The van der Waals surface area contributed by atoms with Crippen molar-refractivity contribution in [1.82, 2.24) is 5.32 Å². The summed E-state index contributed by atoms with van der Waals surface area (Å²) in [5.41, 5.74) is 0.762. The molecule has 0 aromatic heterocycles. The van der Waals surface area contributed by atoms with Gasteiger partial charge in [0.15, 0.2) is 0 Å². The van der Waals surface area contributed by atoms with Crippen molar-refractivity contribution < 1.29 is 18.3 Å². The molecular formula is C11H15BrN2O4S. The molecule has 0 heterocycles. The number of sulfonamides is 1. The molecule has 1 amide bonds. The molecule has 0 radical (unpaired) electrons. The minimum Gasteiger partial charge on any atom is -0.506 e. The van der Waals surface area contributed by atoms with Gasteiger partial charge in [0.2, 0.25) is 15.9 Å². The second kappa shape index (κ2) is 6.76. The number of nitrogens with one attached hydrogen (secondary N) is 2. The van der Waals surface area contributed by atoms with Crippen LogP contribution in [0.2, 0.25) is 0 Å². The molecule has 19 heavy (non-hydrogen) atoms. The molecule has 1 aromatic carbocycles. The van der Waals surface area contributed by atoms with Crippen LogP contribution in [-0.4, -0.2) is 37.6 Å².